The maximum Gasteiger partial charge on any atom is 0.114 e. The van der Waals surface area contributed by atoms with Gasteiger partial charge >= 0.3 is 0 Å². The van der Waals surface area contributed by atoms with Gasteiger partial charge in [0.05, 0.1) is 12.6 Å². The SMILES string of the molecule is CNC(C1=CCCCO1)c1cc2ccccc2s1. The van der Waals surface area contributed by atoms with Gasteiger partial charge in [-0.05, 0) is 43.5 Å². The monoisotopic (exact) mass is 259 g/mol. The van der Waals surface area contributed by atoms with Crippen LogP contribution in [-0.4, -0.2) is 13.7 Å². The molecule has 1 aliphatic rings. The highest BCUT2D eigenvalue weighted by atomic mass is 32.1. The lowest BCUT2D eigenvalue weighted by atomic mass is 10.1. The Morgan fingerprint density at radius 2 is 2.22 bits per heavy atom. The molecule has 1 aromatic carbocycles. The largest absolute Gasteiger partial charge is 0.496 e. The number of hydrogen-bond donors (Lipinski definition) is 1. The first kappa shape index (κ1) is 11.8. The average molecular weight is 259 g/mol. The van der Waals surface area contributed by atoms with E-state index in [9.17, 15) is 0 Å². The van der Waals surface area contributed by atoms with Crippen LogP contribution in [0.1, 0.15) is 23.8 Å². The zero-order valence-corrected chi connectivity index (χ0v) is 11.3. The van der Waals surface area contributed by atoms with Crippen LogP contribution in [0.2, 0.25) is 0 Å². The van der Waals surface area contributed by atoms with Crippen LogP contribution in [-0.2, 0) is 4.74 Å². The Labute approximate surface area is 111 Å². The van der Waals surface area contributed by atoms with Gasteiger partial charge in [0.25, 0.3) is 0 Å². The molecule has 1 atom stereocenters. The number of thiophene rings is 1. The maximum absolute atomic E-state index is 5.79. The lowest BCUT2D eigenvalue weighted by Crippen LogP contribution is -2.21. The molecule has 0 aliphatic carbocycles. The van der Waals surface area contributed by atoms with Crippen molar-refractivity contribution >= 4 is 21.4 Å². The van der Waals surface area contributed by atoms with Gasteiger partial charge in [-0.3, -0.25) is 0 Å². The molecule has 0 radical (unpaired) electrons. The summed E-state index contributed by atoms with van der Waals surface area (Å²) < 4.78 is 7.12. The van der Waals surface area contributed by atoms with Crippen LogP contribution in [0, 0.1) is 0 Å². The van der Waals surface area contributed by atoms with Crippen LogP contribution < -0.4 is 5.32 Å². The molecule has 1 unspecified atom stereocenters. The topological polar surface area (TPSA) is 21.3 Å². The Morgan fingerprint density at radius 1 is 1.33 bits per heavy atom. The second kappa shape index (κ2) is 5.12. The minimum atomic E-state index is 0.197. The highest BCUT2D eigenvalue weighted by molar-refractivity contribution is 7.19. The lowest BCUT2D eigenvalue weighted by Gasteiger charge is -2.22. The second-order valence-electron chi connectivity index (χ2n) is 4.51. The summed E-state index contributed by atoms with van der Waals surface area (Å²) in [6.45, 7) is 0.842. The van der Waals surface area contributed by atoms with Crippen molar-refractivity contribution in [2.45, 2.75) is 18.9 Å². The fraction of sp³-hybridized carbons (Fsp3) is 0.333. The molecule has 1 aromatic heterocycles. The summed E-state index contributed by atoms with van der Waals surface area (Å²) in [4.78, 5) is 1.33. The summed E-state index contributed by atoms with van der Waals surface area (Å²) in [7, 11) is 1.99. The number of benzene rings is 1. The molecule has 0 spiro atoms. The van der Waals surface area contributed by atoms with E-state index in [0.717, 1.165) is 25.2 Å². The molecule has 0 saturated heterocycles. The van der Waals surface area contributed by atoms with Crippen molar-refractivity contribution in [3.8, 4) is 0 Å². The van der Waals surface area contributed by atoms with E-state index in [1.54, 1.807) is 0 Å². The summed E-state index contributed by atoms with van der Waals surface area (Å²) in [5.41, 5.74) is 0. The number of fused-ring (bicyclic) bond motifs is 1. The van der Waals surface area contributed by atoms with Crippen molar-refractivity contribution in [3.05, 3.63) is 47.0 Å². The quantitative estimate of drug-likeness (QED) is 0.904. The Kier molecular flexibility index (Phi) is 3.35. The molecule has 18 heavy (non-hydrogen) atoms. The van der Waals surface area contributed by atoms with Gasteiger partial charge in [-0.2, -0.15) is 0 Å². The van der Waals surface area contributed by atoms with E-state index in [2.05, 4.69) is 41.7 Å². The number of hydrogen-bond acceptors (Lipinski definition) is 3. The second-order valence-corrected chi connectivity index (χ2v) is 5.62. The third kappa shape index (κ3) is 2.16. The van der Waals surface area contributed by atoms with Crippen LogP contribution in [0.3, 0.4) is 0 Å². The molecule has 94 valence electrons. The van der Waals surface area contributed by atoms with Gasteiger partial charge in [0.1, 0.15) is 5.76 Å². The van der Waals surface area contributed by atoms with Crippen molar-refractivity contribution in [3.63, 3.8) is 0 Å². The van der Waals surface area contributed by atoms with Crippen LogP contribution in [0.4, 0.5) is 0 Å². The molecule has 0 amide bonds. The minimum Gasteiger partial charge on any atom is -0.496 e. The highest BCUT2D eigenvalue weighted by Gasteiger charge is 2.20. The van der Waals surface area contributed by atoms with Gasteiger partial charge in [-0.1, -0.05) is 18.2 Å². The molecule has 1 aliphatic heterocycles. The highest BCUT2D eigenvalue weighted by Crippen LogP contribution is 2.34. The molecule has 3 rings (SSSR count). The first-order chi connectivity index (χ1) is 8.88. The van der Waals surface area contributed by atoms with Gasteiger partial charge in [-0.15, -0.1) is 11.3 Å². The predicted octanol–water partition coefficient (Wildman–Crippen LogP) is 3.86. The third-order valence-corrected chi connectivity index (χ3v) is 4.45. The van der Waals surface area contributed by atoms with Crippen molar-refractivity contribution < 1.29 is 4.74 Å². The van der Waals surface area contributed by atoms with E-state index in [1.165, 1.54) is 15.0 Å². The average Bonchev–Trinajstić information content (AvgIpc) is 2.84. The predicted molar refractivity (Wildman–Crippen MR) is 76.9 cm³/mol. The Bertz CT molecular complexity index is 540. The number of ether oxygens (including phenoxy) is 1. The summed E-state index contributed by atoms with van der Waals surface area (Å²) in [5, 5.41) is 4.68. The fourth-order valence-electron chi connectivity index (χ4n) is 2.35. The minimum absolute atomic E-state index is 0.197. The first-order valence-electron chi connectivity index (χ1n) is 6.37. The van der Waals surface area contributed by atoms with Crippen molar-refractivity contribution in [2.75, 3.05) is 13.7 Å². The zero-order chi connectivity index (χ0) is 12.4. The van der Waals surface area contributed by atoms with Gasteiger partial charge in [-0.25, -0.2) is 0 Å². The summed E-state index contributed by atoms with van der Waals surface area (Å²) in [6, 6.07) is 11.0. The normalized spacial score (nSPS) is 17.3. The smallest absolute Gasteiger partial charge is 0.114 e. The number of likely N-dealkylation sites (N-methyl/N-ethyl adjacent to an activating group) is 1. The van der Waals surface area contributed by atoms with E-state index in [1.807, 2.05) is 18.4 Å². The van der Waals surface area contributed by atoms with Crippen molar-refractivity contribution in [2.24, 2.45) is 0 Å². The molecule has 0 fully saturated rings. The number of rotatable bonds is 3. The van der Waals surface area contributed by atoms with E-state index < -0.39 is 0 Å². The van der Waals surface area contributed by atoms with E-state index in [4.69, 9.17) is 4.74 Å². The van der Waals surface area contributed by atoms with Gasteiger partial charge in [0.2, 0.25) is 0 Å². The summed E-state index contributed by atoms with van der Waals surface area (Å²) in [6.07, 6.45) is 4.47. The molecule has 2 aromatic rings. The van der Waals surface area contributed by atoms with Gasteiger partial charge in [0, 0.05) is 9.58 Å². The Hall–Kier alpha value is -1.32. The van der Waals surface area contributed by atoms with Crippen molar-refractivity contribution in [1.29, 1.82) is 0 Å². The lowest BCUT2D eigenvalue weighted by molar-refractivity contribution is 0.170. The fourth-order valence-corrected chi connectivity index (χ4v) is 3.53. The van der Waals surface area contributed by atoms with Gasteiger partial charge in [0.15, 0.2) is 0 Å². The van der Waals surface area contributed by atoms with E-state index in [0.29, 0.717) is 0 Å². The van der Waals surface area contributed by atoms with Crippen molar-refractivity contribution in [1.82, 2.24) is 5.32 Å². The van der Waals surface area contributed by atoms with E-state index >= 15 is 0 Å². The van der Waals surface area contributed by atoms with Crippen LogP contribution in [0.5, 0.6) is 0 Å². The molecule has 2 heterocycles. The van der Waals surface area contributed by atoms with Crippen LogP contribution >= 0.6 is 11.3 Å². The van der Waals surface area contributed by atoms with Gasteiger partial charge < -0.3 is 10.1 Å². The molecule has 2 nitrogen and oxygen atoms in total. The van der Waals surface area contributed by atoms with E-state index in [-0.39, 0.29) is 6.04 Å². The number of nitrogens with one attached hydrogen (secondary N) is 1. The summed E-state index contributed by atoms with van der Waals surface area (Å²) >= 11 is 1.84. The van der Waals surface area contributed by atoms with Crippen LogP contribution in [0.25, 0.3) is 10.1 Å². The molecular weight excluding hydrogens is 242 g/mol. The first-order valence-corrected chi connectivity index (χ1v) is 7.19. The molecule has 1 N–H and O–H groups in total. The zero-order valence-electron chi connectivity index (χ0n) is 10.5. The summed E-state index contributed by atoms with van der Waals surface area (Å²) in [5.74, 6) is 1.08. The molecule has 3 heteroatoms. The maximum atomic E-state index is 5.79. The van der Waals surface area contributed by atoms with Crippen LogP contribution in [0.15, 0.2) is 42.2 Å². The molecule has 0 saturated carbocycles. The molecule has 0 bridgehead atoms. The number of allylic oxidation sites excluding steroid dienone is 1. The Balaban J connectivity index is 1.97. The third-order valence-electron chi connectivity index (χ3n) is 3.27. The Morgan fingerprint density at radius 3 is 2.94 bits per heavy atom. The standard InChI is InChI=1S/C15H17NOS/c1-16-15(12-7-4-5-9-17-12)14-10-11-6-2-3-8-13(11)18-14/h2-3,6-8,10,15-16H,4-5,9H2,1H3. The molecular formula is C15H17NOS.